The average Bonchev–Trinajstić information content (AvgIpc) is 3.64. The summed E-state index contributed by atoms with van der Waals surface area (Å²) < 4.78 is 2.48. The lowest BCUT2D eigenvalue weighted by molar-refractivity contribution is 0.671. The van der Waals surface area contributed by atoms with Crippen LogP contribution in [0.25, 0.3) is 60.9 Å². The molecule has 1 nitrogen and oxygen atoms in total. The number of hydrogen-bond acceptors (Lipinski definition) is 2. The maximum Gasteiger partial charge on any atom is 0.0757 e. The van der Waals surface area contributed by atoms with Crippen LogP contribution >= 0.6 is 23.5 Å². The second kappa shape index (κ2) is 13.3. The number of fused-ring (bicyclic) bond motifs is 11. The maximum atomic E-state index is 2.48. The molecule has 0 bridgehead atoms. The third kappa shape index (κ3) is 4.87. The highest BCUT2D eigenvalue weighted by molar-refractivity contribution is 8.00. The van der Waals surface area contributed by atoms with E-state index in [2.05, 4.69) is 217 Å². The summed E-state index contributed by atoms with van der Waals surface area (Å²) in [5.74, 6) is 0. The summed E-state index contributed by atoms with van der Waals surface area (Å²) in [4.78, 5) is 5.16. The molecular formula is C55H35NS2. The van der Waals surface area contributed by atoms with Gasteiger partial charge in [0.15, 0.2) is 0 Å². The Morgan fingerprint density at radius 3 is 1.62 bits per heavy atom. The number of rotatable bonds is 4. The van der Waals surface area contributed by atoms with Crippen molar-refractivity contribution < 1.29 is 0 Å². The van der Waals surface area contributed by atoms with E-state index in [9.17, 15) is 0 Å². The largest absolute Gasteiger partial charge is 0.309 e. The first kappa shape index (κ1) is 33.6. The van der Waals surface area contributed by atoms with Crippen LogP contribution in [0.4, 0.5) is 0 Å². The van der Waals surface area contributed by atoms with Crippen LogP contribution in [0.2, 0.25) is 0 Å². The molecule has 1 unspecified atom stereocenters. The van der Waals surface area contributed by atoms with Crippen LogP contribution in [0.15, 0.2) is 232 Å². The van der Waals surface area contributed by atoms with E-state index < -0.39 is 5.41 Å². The van der Waals surface area contributed by atoms with Gasteiger partial charge >= 0.3 is 0 Å². The van der Waals surface area contributed by atoms with Crippen molar-refractivity contribution in [3.63, 3.8) is 0 Å². The number of benzene rings is 9. The van der Waals surface area contributed by atoms with Crippen molar-refractivity contribution in [1.82, 2.24) is 4.57 Å². The third-order valence-electron chi connectivity index (χ3n) is 12.1. The summed E-state index contributed by atoms with van der Waals surface area (Å²) in [6, 6.07) is 78.9. The molecule has 12 rings (SSSR count). The second-order valence-corrected chi connectivity index (χ2v) is 17.3. The summed E-state index contributed by atoms with van der Waals surface area (Å²) in [5, 5.41) is 2.51. The van der Waals surface area contributed by atoms with Gasteiger partial charge in [0.1, 0.15) is 0 Å². The van der Waals surface area contributed by atoms with E-state index in [0.717, 1.165) is 5.69 Å². The predicted molar refractivity (Wildman–Crippen MR) is 244 cm³/mol. The van der Waals surface area contributed by atoms with Gasteiger partial charge < -0.3 is 4.57 Å². The Kier molecular flexibility index (Phi) is 7.69. The van der Waals surface area contributed by atoms with Crippen LogP contribution in [0, 0.1) is 0 Å². The van der Waals surface area contributed by atoms with E-state index in [1.54, 1.807) is 0 Å². The van der Waals surface area contributed by atoms with Crippen LogP contribution < -0.4 is 0 Å². The fraction of sp³-hybridized carbons (Fsp3) is 0.0182. The van der Waals surface area contributed by atoms with E-state index in [1.165, 1.54) is 97.0 Å². The lowest BCUT2D eigenvalue weighted by atomic mass is 9.61. The number of nitrogens with zero attached hydrogens (tertiary/aromatic N) is 1. The number of hydrogen-bond donors (Lipinski definition) is 0. The molecule has 0 saturated carbocycles. The van der Waals surface area contributed by atoms with E-state index in [4.69, 9.17) is 0 Å². The summed E-state index contributed by atoms with van der Waals surface area (Å²) in [6.45, 7) is 0. The molecule has 0 saturated heterocycles. The summed E-state index contributed by atoms with van der Waals surface area (Å²) in [5.41, 5.74) is 15.7. The zero-order chi connectivity index (χ0) is 38.2. The average molecular weight is 774 g/mol. The molecule has 3 heteroatoms. The Morgan fingerprint density at radius 2 is 0.879 bits per heavy atom. The quantitative estimate of drug-likeness (QED) is 0.175. The molecule has 272 valence electrons. The molecular weight excluding hydrogens is 739 g/mol. The fourth-order valence-electron chi connectivity index (χ4n) is 9.81. The lowest BCUT2D eigenvalue weighted by Gasteiger charge is -2.47. The molecule has 10 aromatic rings. The van der Waals surface area contributed by atoms with Crippen molar-refractivity contribution in [1.29, 1.82) is 0 Å². The molecule has 2 aliphatic rings. The molecule has 0 radical (unpaired) electrons. The summed E-state index contributed by atoms with van der Waals surface area (Å²) in [7, 11) is 0. The molecule has 2 aliphatic heterocycles. The van der Waals surface area contributed by atoms with Crippen molar-refractivity contribution >= 4 is 45.3 Å². The molecule has 1 spiro atoms. The van der Waals surface area contributed by atoms with Gasteiger partial charge in [-0.05, 0) is 98.6 Å². The SMILES string of the molecule is c1ccc(-c2cc3c(c(-c4ccccc4)c2)C2(c4ccccc4S3)c3ccccc3Sc3cccc(-c4cccc5c6ccccc6n(-c6ccccc6)c45)c32)cc1. The molecule has 3 heterocycles. The highest BCUT2D eigenvalue weighted by Crippen LogP contribution is 2.65. The van der Waals surface area contributed by atoms with Gasteiger partial charge in [0.25, 0.3) is 0 Å². The van der Waals surface area contributed by atoms with Gasteiger partial charge in [-0.3, -0.25) is 0 Å². The predicted octanol–water partition coefficient (Wildman–Crippen LogP) is 15.1. The van der Waals surface area contributed by atoms with Crippen LogP contribution in [0.5, 0.6) is 0 Å². The zero-order valence-corrected chi connectivity index (χ0v) is 33.1. The highest BCUT2D eigenvalue weighted by atomic mass is 32.2. The first-order valence-electron chi connectivity index (χ1n) is 19.8. The van der Waals surface area contributed by atoms with Crippen LogP contribution in [0.1, 0.15) is 22.3 Å². The molecule has 0 aliphatic carbocycles. The Bertz CT molecular complexity index is 3210. The maximum absolute atomic E-state index is 2.48. The Balaban J connectivity index is 1.27. The van der Waals surface area contributed by atoms with Crippen LogP contribution in [0.3, 0.4) is 0 Å². The van der Waals surface area contributed by atoms with Crippen molar-refractivity contribution in [2.75, 3.05) is 0 Å². The molecule has 58 heavy (non-hydrogen) atoms. The normalized spacial score (nSPS) is 15.2. The van der Waals surface area contributed by atoms with E-state index in [1.807, 2.05) is 23.5 Å². The van der Waals surface area contributed by atoms with Gasteiger partial charge in [-0.25, -0.2) is 0 Å². The molecule has 0 N–H and O–H groups in total. The monoisotopic (exact) mass is 773 g/mol. The Morgan fingerprint density at radius 1 is 0.345 bits per heavy atom. The molecule has 0 amide bonds. The molecule has 1 atom stereocenters. The first-order chi connectivity index (χ1) is 28.8. The standard InChI is InChI=1S/C55H35NS2/c1-4-18-36(19-5-1)38-34-44(37-20-6-2-7-21-37)53-51(35-38)58-49-32-15-12-29-46(49)55(53)45-28-11-14-31-48(45)57-50-33-17-25-41(52(50)55)43-27-16-26-42-40-24-10-13-30-47(40)56(54(42)43)39-22-8-3-9-23-39/h1-35H. The Labute approximate surface area is 346 Å². The lowest BCUT2D eigenvalue weighted by Crippen LogP contribution is -2.38. The van der Waals surface area contributed by atoms with Crippen LogP contribution in [-0.2, 0) is 5.41 Å². The minimum Gasteiger partial charge on any atom is -0.309 e. The molecule has 9 aromatic carbocycles. The van der Waals surface area contributed by atoms with Crippen molar-refractivity contribution in [2.24, 2.45) is 0 Å². The number of para-hydroxylation sites is 3. The van der Waals surface area contributed by atoms with Gasteiger partial charge in [-0.15, -0.1) is 0 Å². The fourth-order valence-corrected chi connectivity index (χ4v) is 12.3. The topological polar surface area (TPSA) is 4.93 Å². The zero-order valence-electron chi connectivity index (χ0n) is 31.5. The van der Waals surface area contributed by atoms with Gasteiger partial charge in [0, 0.05) is 41.6 Å². The van der Waals surface area contributed by atoms with E-state index in [0.29, 0.717) is 0 Å². The van der Waals surface area contributed by atoms with Crippen molar-refractivity contribution in [3.8, 4) is 39.1 Å². The van der Waals surface area contributed by atoms with Gasteiger partial charge in [-0.2, -0.15) is 0 Å². The highest BCUT2D eigenvalue weighted by Gasteiger charge is 2.51. The third-order valence-corrected chi connectivity index (χ3v) is 14.3. The Hall–Kier alpha value is -6.52. The smallest absolute Gasteiger partial charge is 0.0757 e. The minimum absolute atomic E-state index is 0.642. The molecule has 0 fully saturated rings. The van der Waals surface area contributed by atoms with Gasteiger partial charge in [0.2, 0.25) is 0 Å². The molecule has 1 aromatic heterocycles. The van der Waals surface area contributed by atoms with Crippen molar-refractivity contribution in [3.05, 3.63) is 235 Å². The summed E-state index contributed by atoms with van der Waals surface area (Å²) >= 11 is 3.82. The van der Waals surface area contributed by atoms with Gasteiger partial charge in [0.05, 0.1) is 16.4 Å². The minimum atomic E-state index is -0.642. The van der Waals surface area contributed by atoms with Gasteiger partial charge in [-0.1, -0.05) is 187 Å². The van der Waals surface area contributed by atoms with Crippen molar-refractivity contribution in [2.45, 2.75) is 25.0 Å². The summed E-state index contributed by atoms with van der Waals surface area (Å²) in [6.07, 6.45) is 0. The first-order valence-corrected chi connectivity index (χ1v) is 21.5. The van der Waals surface area contributed by atoms with E-state index >= 15 is 0 Å². The van der Waals surface area contributed by atoms with Crippen LogP contribution in [-0.4, -0.2) is 4.57 Å². The van der Waals surface area contributed by atoms with E-state index in [-0.39, 0.29) is 0 Å². The second-order valence-electron chi connectivity index (χ2n) is 15.1. The number of aromatic nitrogens is 1.